The molecule has 0 aliphatic carbocycles. The number of ether oxygens (including phenoxy) is 1. The molecular formula is C21H29NO3Si. The highest BCUT2D eigenvalue weighted by Gasteiger charge is 2.46. The molecule has 2 unspecified atom stereocenters. The number of methoxy groups -OCH3 is 1. The highest BCUT2D eigenvalue weighted by Crippen LogP contribution is 2.44. The van der Waals surface area contributed by atoms with Crippen LogP contribution in [0.1, 0.15) is 27.2 Å². The standard InChI is InChI=1S/C21H29NO3Si/c1-21(2,3)26(5,6)25-18-14-16-12-13-17(19(18)20(23)24-4)22(16)15-10-8-7-9-11-15/h7-13,16-17H,14H2,1-6H3. The maximum atomic E-state index is 12.7. The number of hydrogen-bond donors (Lipinski definition) is 0. The third-order valence-corrected chi connectivity index (χ3v) is 10.2. The molecule has 4 nitrogen and oxygen atoms in total. The lowest BCUT2D eigenvalue weighted by atomic mass is 9.97. The number of benzene rings is 1. The van der Waals surface area contributed by atoms with Crippen molar-refractivity contribution in [3.05, 3.63) is 53.8 Å². The molecule has 3 rings (SSSR count). The van der Waals surface area contributed by atoms with Gasteiger partial charge in [0.05, 0.1) is 30.5 Å². The van der Waals surface area contributed by atoms with Crippen molar-refractivity contribution in [3.63, 3.8) is 0 Å². The van der Waals surface area contributed by atoms with Gasteiger partial charge in [-0.3, -0.25) is 0 Å². The molecule has 2 atom stereocenters. The number of anilines is 1. The maximum Gasteiger partial charge on any atom is 0.339 e. The smallest absolute Gasteiger partial charge is 0.339 e. The Labute approximate surface area is 157 Å². The van der Waals surface area contributed by atoms with Crippen LogP contribution in [0.15, 0.2) is 53.8 Å². The molecule has 1 aromatic carbocycles. The van der Waals surface area contributed by atoms with Gasteiger partial charge in [0.1, 0.15) is 0 Å². The first-order chi connectivity index (χ1) is 12.2. The summed E-state index contributed by atoms with van der Waals surface area (Å²) in [5.74, 6) is 0.519. The van der Waals surface area contributed by atoms with E-state index in [1.54, 1.807) is 0 Å². The van der Waals surface area contributed by atoms with Crippen molar-refractivity contribution >= 4 is 20.0 Å². The van der Waals surface area contributed by atoms with Crippen molar-refractivity contribution in [1.29, 1.82) is 0 Å². The summed E-state index contributed by atoms with van der Waals surface area (Å²) in [4.78, 5) is 15.0. The normalized spacial score (nSPS) is 22.6. The predicted octanol–water partition coefficient (Wildman–Crippen LogP) is 4.65. The van der Waals surface area contributed by atoms with Crippen LogP contribution < -0.4 is 4.90 Å². The molecule has 0 radical (unpaired) electrons. The lowest BCUT2D eigenvalue weighted by molar-refractivity contribution is -0.136. The molecule has 0 saturated carbocycles. The Morgan fingerprint density at radius 2 is 1.81 bits per heavy atom. The Balaban J connectivity index is 2.02. The summed E-state index contributed by atoms with van der Waals surface area (Å²) in [5.41, 5.74) is 1.76. The topological polar surface area (TPSA) is 38.8 Å². The van der Waals surface area contributed by atoms with Gasteiger partial charge in [-0.2, -0.15) is 0 Å². The third-order valence-electron chi connectivity index (χ3n) is 5.81. The van der Waals surface area contributed by atoms with Crippen molar-refractivity contribution < 1.29 is 14.0 Å². The molecule has 2 aliphatic rings. The van der Waals surface area contributed by atoms with E-state index in [0.717, 1.165) is 11.4 Å². The minimum Gasteiger partial charge on any atom is -0.546 e. The van der Waals surface area contributed by atoms with E-state index in [1.165, 1.54) is 7.11 Å². The molecule has 1 aromatic rings. The summed E-state index contributed by atoms with van der Waals surface area (Å²) in [7, 11) is -0.596. The first-order valence-electron chi connectivity index (χ1n) is 9.18. The summed E-state index contributed by atoms with van der Waals surface area (Å²) in [6.45, 7) is 11.1. The number of carbonyl (C=O) groups excluding carboxylic acids is 1. The monoisotopic (exact) mass is 371 g/mol. The Kier molecular flexibility index (Phi) is 4.77. The van der Waals surface area contributed by atoms with Gasteiger partial charge in [-0.25, -0.2) is 4.79 Å². The highest BCUT2D eigenvalue weighted by molar-refractivity contribution is 6.74. The summed E-state index contributed by atoms with van der Waals surface area (Å²) >= 11 is 0. The largest absolute Gasteiger partial charge is 0.546 e. The van der Waals surface area contributed by atoms with E-state index in [-0.39, 0.29) is 23.1 Å². The fraction of sp³-hybridized carbons (Fsp3) is 0.476. The predicted molar refractivity (Wildman–Crippen MR) is 108 cm³/mol. The van der Waals surface area contributed by atoms with Crippen LogP contribution in [0.3, 0.4) is 0 Å². The number of rotatable bonds is 4. The van der Waals surface area contributed by atoms with Gasteiger partial charge in [0.25, 0.3) is 0 Å². The molecular weight excluding hydrogens is 342 g/mol. The van der Waals surface area contributed by atoms with Crippen molar-refractivity contribution in [2.24, 2.45) is 0 Å². The Morgan fingerprint density at radius 3 is 2.38 bits per heavy atom. The van der Waals surface area contributed by atoms with Gasteiger partial charge in [0.15, 0.2) is 0 Å². The summed E-state index contributed by atoms with van der Waals surface area (Å²) in [5, 5.41) is 0.0737. The second-order valence-electron chi connectivity index (χ2n) is 8.53. The molecule has 140 valence electrons. The van der Waals surface area contributed by atoms with Gasteiger partial charge in [-0.05, 0) is 30.3 Å². The van der Waals surface area contributed by atoms with E-state index < -0.39 is 8.32 Å². The number of nitrogens with zero attached hydrogens (tertiary/aromatic N) is 1. The van der Waals surface area contributed by atoms with E-state index in [9.17, 15) is 4.79 Å². The van der Waals surface area contributed by atoms with Gasteiger partial charge in [0, 0.05) is 12.1 Å². The number of fused-ring (bicyclic) bond motifs is 2. The fourth-order valence-corrected chi connectivity index (χ4v) is 4.46. The third kappa shape index (κ3) is 3.20. The Morgan fingerprint density at radius 1 is 1.15 bits per heavy atom. The zero-order chi connectivity index (χ0) is 19.1. The van der Waals surface area contributed by atoms with Gasteiger partial charge in [-0.15, -0.1) is 0 Å². The molecule has 0 spiro atoms. The summed E-state index contributed by atoms with van der Waals surface area (Å²) in [6, 6.07) is 10.3. The van der Waals surface area contributed by atoms with Crippen LogP contribution in [0.4, 0.5) is 5.69 Å². The van der Waals surface area contributed by atoms with E-state index in [1.807, 2.05) is 18.2 Å². The molecule has 26 heavy (non-hydrogen) atoms. The van der Waals surface area contributed by atoms with Crippen LogP contribution in [0.25, 0.3) is 0 Å². The minimum absolute atomic E-state index is 0.0737. The van der Waals surface area contributed by atoms with Crippen LogP contribution in [0.2, 0.25) is 18.1 Å². The Hall–Kier alpha value is -2.01. The van der Waals surface area contributed by atoms with E-state index in [4.69, 9.17) is 9.16 Å². The first kappa shape index (κ1) is 18.8. The van der Waals surface area contributed by atoms with Crippen LogP contribution in [0, 0.1) is 0 Å². The molecule has 0 saturated heterocycles. The van der Waals surface area contributed by atoms with E-state index in [2.05, 4.69) is 63.0 Å². The quantitative estimate of drug-likeness (QED) is 0.439. The minimum atomic E-state index is -2.04. The van der Waals surface area contributed by atoms with Gasteiger partial charge in [-0.1, -0.05) is 51.1 Å². The average Bonchev–Trinajstić information content (AvgIpc) is 2.89. The zero-order valence-electron chi connectivity index (χ0n) is 16.6. The van der Waals surface area contributed by atoms with Crippen molar-refractivity contribution in [1.82, 2.24) is 0 Å². The lowest BCUT2D eigenvalue weighted by Crippen LogP contribution is -2.48. The SMILES string of the molecule is COC(=O)C1=C(O[Si](C)(C)C(C)(C)C)CC2C=CC1N2c1ccccc1. The second-order valence-corrected chi connectivity index (χ2v) is 13.3. The van der Waals surface area contributed by atoms with E-state index >= 15 is 0 Å². The highest BCUT2D eigenvalue weighted by atomic mass is 28.4. The van der Waals surface area contributed by atoms with Crippen molar-refractivity contribution in [3.8, 4) is 0 Å². The summed E-state index contributed by atoms with van der Waals surface area (Å²) < 4.78 is 11.7. The molecule has 0 aromatic heterocycles. The van der Waals surface area contributed by atoms with Crippen molar-refractivity contribution in [2.75, 3.05) is 12.0 Å². The van der Waals surface area contributed by atoms with Crippen LogP contribution in [-0.4, -0.2) is 33.5 Å². The number of carbonyl (C=O) groups is 1. The molecule has 2 aliphatic heterocycles. The first-order valence-corrected chi connectivity index (χ1v) is 12.1. The molecule has 0 N–H and O–H groups in total. The zero-order valence-corrected chi connectivity index (χ0v) is 17.6. The van der Waals surface area contributed by atoms with Crippen LogP contribution in [-0.2, 0) is 14.0 Å². The Bertz CT molecular complexity index is 746. The number of hydrogen-bond acceptors (Lipinski definition) is 4. The number of para-hydroxylation sites is 1. The van der Waals surface area contributed by atoms with Gasteiger partial charge >= 0.3 is 5.97 Å². The van der Waals surface area contributed by atoms with Crippen LogP contribution >= 0.6 is 0 Å². The summed E-state index contributed by atoms with van der Waals surface area (Å²) in [6.07, 6.45) is 4.98. The fourth-order valence-electron chi connectivity index (χ4n) is 3.35. The number of esters is 1. The van der Waals surface area contributed by atoms with Gasteiger partial charge in [0.2, 0.25) is 8.32 Å². The van der Waals surface area contributed by atoms with Crippen LogP contribution in [0.5, 0.6) is 0 Å². The van der Waals surface area contributed by atoms with Gasteiger partial charge < -0.3 is 14.1 Å². The molecule has 5 heteroatoms. The molecule has 2 heterocycles. The molecule has 0 fully saturated rings. The second kappa shape index (κ2) is 6.61. The van der Waals surface area contributed by atoms with E-state index in [0.29, 0.717) is 12.0 Å². The maximum absolute atomic E-state index is 12.7. The average molecular weight is 372 g/mol. The molecule has 2 bridgehead atoms. The lowest BCUT2D eigenvalue weighted by Gasteiger charge is -2.43. The molecule has 0 amide bonds. The van der Waals surface area contributed by atoms with Crippen molar-refractivity contribution in [2.45, 2.75) is 57.4 Å².